The van der Waals surface area contributed by atoms with E-state index in [2.05, 4.69) is 20.9 Å². The first-order valence-electron chi connectivity index (χ1n) is 10.8. The fourth-order valence-corrected chi connectivity index (χ4v) is 5.57. The van der Waals surface area contributed by atoms with Gasteiger partial charge in [0, 0.05) is 10.0 Å². The second-order valence-corrected chi connectivity index (χ2v) is 9.73. The van der Waals surface area contributed by atoms with Crippen molar-refractivity contribution in [2.45, 2.75) is 19.9 Å². The SMILES string of the molecule is CCOC(=O)C1=C(C)N=c2s/c(=C/c3cc(Br)ccc3OC)c(=O)n2[C@H]1c1ccc2c(c1)OCO2. The Morgan fingerprint density at radius 3 is 2.83 bits per heavy atom. The second kappa shape index (κ2) is 9.35. The zero-order valence-corrected chi connectivity index (χ0v) is 21.6. The first kappa shape index (κ1) is 23.4. The molecular weight excluding hydrogens is 536 g/mol. The van der Waals surface area contributed by atoms with Gasteiger partial charge in [-0.3, -0.25) is 9.36 Å². The summed E-state index contributed by atoms with van der Waals surface area (Å²) in [6.07, 6.45) is 1.77. The minimum absolute atomic E-state index is 0.121. The molecule has 3 aromatic rings. The maximum absolute atomic E-state index is 13.8. The van der Waals surface area contributed by atoms with Crippen LogP contribution in [0, 0.1) is 0 Å². The van der Waals surface area contributed by atoms with E-state index in [1.165, 1.54) is 15.9 Å². The molecule has 0 N–H and O–H groups in total. The third-order valence-electron chi connectivity index (χ3n) is 5.71. The van der Waals surface area contributed by atoms with Gasteiger partial charge >= 0.3 is 5.97 Å². The lowest BCUT2D eigenvalue weighted by atomic mass is 9.95. The maximum atomic E-state index is 13.8. The van der Waals surface area contributed by atoms with Gasteiger partial charge in [-0.1, -0.05) is 33.3 Å². The minimum Gasteiger partial charge on any atom is -0.496 e. The van der Waals surface area contributed by atoms with Crippen molar-refractivity contribution in [3.8, 4) is 17.2 Å². The highest BCUT2D eigenvalue weighted by Crippen LogP contribution is 2.38. The number of aromatic nitrogens is 1. The molecule has 0 spiro atoms. The number of carbonyl (C=O) groups is 1. The average Bonchev–Trinajstić information content (AvgIpc) is 3.42. The third kappa shape index (κ3) is 4.17. The van der Waals surface area contributed by atoms with Gasteiger partial charge in [-0.05, 0) is 55.8 Å². The highest BCUT2D eigenvalue weighted by Gasteiger charge is 2.34. The largest absolute Gasteiger partial charge is 0.496 e. The molecule has 0 radical (unpaired) electrons. The van der Waals surface area contributed by atoms with Gasteiger partial charge in [0.05, 0.1) is 35.6 Å². The molecule has 2 aromatic carbocycles. The minimum atomic E-state index is -0.730. The molecule has 10 heteroatoms. The molecular formula is C25H21BrN2O6S. The highest BCUT2D eigenvalue weighted by molar-refractivity contribution is 9.10. The Morgan fingerprint density at radius 1 is 1.26 bits per heavy atom. The summed E-state index contributed by atoms with van der Waals surface area (Å²) in [4.78, 5) is 31.9. The van der Waals surface area contributed by atoms with Crippen molar-refractivity contribution in [3.05, 3.63) is 83.0 Å². The van der Waals surface area contributed by atoms with E-state index in [0.717, 1.165) is 10.0 Å². The van der Waals surface area contributed by atoms with Gasteiger partial charge in [-0.15, -0.1) is 0 Å². The van der Waals surface area contributed by atoms with Crippen LogP contribution in [0.15, 0.2) is 61.9 Å². The number of fused-ring (bicyclic) bond motifs is 2. The predicted octanol–water partition coefficient (Wildman–Crippen LogP) is 3.30. The van der Waals surface area contributed by atoms with Crippen molar-refractivity contribution in [1.29, 1.82) is 0 Å². The number of ether oxygens (including phenoxy) is 4. The Kier molecular flexibility index (Phi) is 6.24. The number of allylic oxidation sites excluding steroid dienone is 1. The summed E-state index contributed by atoms with van der Waals surface area (Å²) >= 11 is 4.72. The molecule has 0 bridgehead atoms. The first-order valence-corrected chi connectivity index (χ1v) is 12.4. The highest BCUT2D eigenvalue weighted by atomic mass is 79.9. The van der Waals surface area contributed by atoms with Crippen LogP contribution in [0.2, 0.25) is 0 Å². The fraction of sp³-hybridized carbons (Fsp3) is 0.240. The lowest BCUT2D eigenvalue weighted by Gasteiger charge is -2.24. The van der Waals surface area contributed by atoms with E-state index in [0.29, 0.717) is 43.4 Å². The molecule has 3 heterocycles. The van der Waals surface area contributed by atoms with Gasteiger partial charge in [0.1, 0.15) is 5.75 Å². The molecule has 0 amide bonds. The van der Waals surface area contributed by atoms with Gasteiger partial charge in [0.15, 0.2) is 16.3 Å². The van der Waals surface area contributed by atoms with Crippen LogP contribution in [0.25, 0.3) is 6.08 Å². The quantitative estimate of drug-likeness (QED) is 0.448. The monoisotopic (exact) mass is 556 g/mol. The zero-order valence-electron chi connectivity index (χ0n) is 19.2. The van der Waals surface area contributed by atoms with Gasteiger partial charge in [0.25, 0.3) is 5.56 Å². The summed E-state index contributed by atoms with van der Waals surface area (Å²) in [7, 11) is 1.58. The summed E-state index contributed by atoms with van der Waals surface area (Å²) in [6.45, 7) is 3.82. The molecule has 35 heavy (non-hydrogen) atoms. The third-order valence-corrected chi connectivity index (χ3v) is 7.18. The van der Waals surface area contributed by atoms with Crippen molar-refractivity contribution >= 4 is 39.3 Å². The molecule has 0 fully saturated rings. The molecule has 0 saturated carbocycles. The Morgan fingerprint density at radius 2 is 2.06 bits per heavy atom. The van der Waals surface area contributed by atoms with E-state index in [1.807, 2.05) is 24.3 Å². The van der Waals surface area contributed by atoms with Crippen LogP contribution < -0.4 is 29.1 Å². The molecule has 0 unspecified atom stereocenters. The number of carbonyl (C=O) groups excluding carboxylic acids is 1. The number of thiazole rings is 1. The van der Waals surface area contributed by atoms with E-state index in [1.54, 1.807) is 39.2 Å². The number of methoxy groups -OCH3 is 1. The summed E-state index contributed by atoms with van der Waals surface area (Å²) in [5.74, 6) is 1.29. The summed E-state index contributed by atoms with van der Waals surface area (Å²) < 4.78 is 24.7. The summed E-state index contributed by atoms with van der Waals surface area (Å²) in [5, 5.41) is 0. The molecule has 8 nitrogen and oxygen atoms in total. The fourth-order valence-electron chi connectivity index (χ4n) is 4.15. The maximum Gasteiger partial charge on any atom is 0.338 e. The second-order valence-electron chi connectivity index (χ2n) is 7.80. The van der Waals surface area contributed by atoms with Crippen LogP contribution >= 0.6 is 27.3 Å². The smallest absolute Gasteiger partial charge is 0.338 e. The molecule has 2 aliphatic heterocycles. The van der Waals surface area contributed by atoms with E-state index >= 15 is 0 Å². The van der Waals surface area contributed by atoms with Crippen molar-refractivity contribution in [2.24, 2.45) is 4.99 Å². The normalized spacial score (nSPS) is 16.7. The lowest BCUT2D eigenvalue weighted by Crippen LogP contribution is -2.39. The van der Waals surface area contributed by atoms with Crippen LogP contribution in [0.4, 0.5) is 0 Å². The first-order chi connectivity index (χ1) is 16.9. The number of hydrogen-bond donors (Lipinski definition) is 0. The van der Waals surface area contributed by atoms with Crippen LogP contribution in [0.5, 0.6) is 17.2 Å². The molecule has 5 rings (SSSR count). The van der Waals surface area contributed by atoms with Crippen molar-refractivity contribution < 1.29 is 23.7 Å². The Bertz CT molecular complexity index is 1550. The Hall–Kier alpha value is -3.37. The lowest BCUT2D eigenvalue weighted by molar-refractivity contribution is -0.139. The molecule has 1 aromatic heterocycles. The van der Waals surface area contributed by atoms with Crippen molar-refractivity contribution in [1.82, 2.24) is 4.57 Å². The van der Waals surface area contributed by atoms with Crippen LogP contribution in [-0.4, -0.2) is 31.0 Å². The topological polar surface area (TPSA) is 88.4 Å². The van der Waals surface area contributed by atoms with Gasteiger partial charge in [0.2, 0.25) is 6.79 Å². The van der Waals surface area contributed by atoms with Crippen molar-refractivity contribution in [3.63, 3.8) is 0 Å². The standard InChI is InChI=1S/C25H21BrN2O6S/c1-4-32-24(30)21-13(2)27-25-28(22(21)14-5-7-18-19(10-14)34-12-33-18)23(29)20(35-25)11-15-9-16(26)6-8-17(15)31-3/h5-11,22H,4,12H2,1-3H3/b20-11+/t22-/m0/s1. The number of benzene rings is 2. The van der Waals surface area contributed by atoms with Gasteiger partial charge < -0.3 is 18.9 Å². The van der Waals surface area contributed by atoms with E-state index in [9.17, 15) is 9.59 Å². The summed E-state index contributed by atoms with van der Waals surface area (Å²) in [6, 6.07) is 10.2. The summed E-state index contributed by atoms with van der Waals surface area (Å²) in [5.41, 5.74) is 1.98. The van der Waals surface area contributed by atoms with Gasteiger partial charge in [-0.25, -0.2) is 9.79 Å². The molecule has 0 saturated heterocycles. The van der Waals surface area contributed by atoms with Crippen LogP contribution in [-0.2, 0) is 9.53 Å². The number of esters is 1. The van der Waals surface area contributed by atoms with E-state index in [-0.39, 0.29) is 19.0 Å². The van der Waals surface area contributed by atoms with E-state index < -0.39 is 12.0 Å². The number of rotatable bonds is 5. The van der Waals surface area contributed by atoms with Crippen LogP contribution in [0.1, 0.15) is 31.0 Å². The average molecular weight is 557 g/mol. The predicted molar refractivity (Wildman–Crippen MR) is 134 cm³/mol. The molecule has 1 atom stereocenters. The molecule has 180 valence electrons. The van der Waals surface area contributed by atoms with Crippen LogP contribution in [0.3, 0.4) is 0 Å². The number of hydrogen-bond acceptors (Lipinski definition) is 8. The van der Waals surface area contributed by atoms with Gasteiger partial charge in [-0.2, -0.15) is 0 Å². The van der Waals surface area contributed by atoms with Crippen molar-refractivity contribution in [2.75, 3.05) is 20.5 Å². The molecule has 0 aliphatic carbocycles. The number of nitrogens with zero attached hydrogens (tertiary/aromatic N) is 2. The Labute approximate surface area is 212 Å². The van der Waals surface area contributed by atoms with E-state index in [4.69, 9.17) is 18.9 Å². The Balaban J connectivity index is 1.74. The molecule has 2 aliphatic rings. The zero-order chi connectivity index (χ0) is 24.7. The number of halogens is 1.